The first kappa shape index (κ1) is 12.4. The van der Waals surface area contributed by atoms with Crippen LogP contribution in [0.3, 0.4) is 0 Å². The van der Waals surface area contributed by atoms with E-state index in [0.717, 1.165) is 19.0 Å². The summed E-state index contributed by atoms with van der Waals surface area (Å²) in [4.78, 5) is 6.95. The van der Waals surface area contributed by atoms with Crippen molar-refractivity contribution < 1.29 is 0 Å². The number of likely N-dealkylation sites (tertiary alicyclic amines) is 1. The molecule has 0 aliphatic carbocycles. The Balaban J connectivity index is 2.00. The van der Waals surface area contributed by atoms with Crippen molar-refractivity contribution in [3.8, 4) is 0 Å². The lowest BCUT2D eigenvalue weighted by Gasteiger charge is -2.24. The van der Waals surface area contributed by atoms with Crippen LogP contribution in [0.1, 0.15) is 33.6 Å². The zero-order valence-corrected chi connectivity index (χ0v) is 11.2. The second-order valence-electron chi connectivity index (χ2n) is 5.13. The first-order valence-corrected chi connectivity index (χ1v) is 6.72. The van der Waals surface area contributed by atoms with Crippen LogP contribution in [0.15, 0.2) is 12.4 Å². The smallest absolute Gasteiger partial charge is 0.203 e. The molecule has 2 heterocycles. The highest BCUT2D eigenvalue weighted by Gasteiger charge is 2.23. The fourth-order valence-electron chi connectivity index (χ4n) is 2.60. The molecule has 1 saturated heterocycles. The third-order valence-corrected chi connectivity index (χ3v) is 3.45. The molecule has 1 fully saturated rings. The second-order valence-corrected chi connectivity index (χ2v) is 5.13. The predicted octanol–water partition coefficient (Wildman–Crippen LogP) is 2.19. The van der Waals surface area contributed by atoms with Gasteiger partial charge in [0.05, 0.1) is 0 Å². The van der Waals surface area contributed by atoms with E-state index >= 15 is 0 Å². The Morgan fingerprint density at radius 1 is 1.53 bits per heavy atom. The minimum absolute atomic E-state index is 0.432. The first-order chi connectivity index (χ1) is 8.20. The van der Waals surface area contributed by atoms with Gasteiger partial charge in [-0.15, -0.1) is 0 Å². The van der Waals surface area contributed by atoms with Crippen LogP contribution >= 0.6 is 0 Å². The molecule has 0 aromatic carbocycles. The van der Waals surface area contributed by atoms with E-state index in [-0.39, 0.29) is 0 Å². The maximum Gasteiger partial charge on any atom is 0.203 e. The Morgan fingerprint density at radius 2 is 2.35 bits per heavy atom. The molecule has 0 saturated carbocycles. The summed E-state index contributed by atoms with van der Waals surface area (Å²) in [6.07, 6.45) is 6.61. The summed E-state index contributed by atoms with van der Waals surface area (Å²) in [5.74, 6) is 1.00. The standard InChI is InChI=1S/C13H24N4/c1-4-16-8-5-6-12(16)10-17-9-7-14-13(17)15-11(2)3/h7,9,11-12H,4-6,8,10H2,1-3H3,(H,14,15). The predicted molar refractivity (Wildman–Crippen MR) is 71.3 cm³/mol. The van der Waals surface area contributed by atoms with Gasteiger partial charge in [0.15, 0.2) is 0 Å². The normalized spacial score (nSPS) is 21.3. The number of nitrogens with one attached hydrogen (secondary N) is 1. The highest BCUT2D eigenvalue weighted by molar-refractivity contribution is 5.27. The summed E-state index contributed by atoms with van der Waals surface area (Å²) in [5.41, 5.74) is 0. The first-order valence-electron chi connectivity index (χ1n) is 6.72. The SMILES string of the molecule is CCN1CCCC1Cn1ccnc1NC(C)C. The van der Waals surface area contributed by atoms with E-state index in [1.54, 1.807) is 0 Å². The van der Waals surface area contributed by atoms with E-state index in [1.165, 1.54) is 19.4 Å². The van der Waals surface area contributed by atoms with Crippen LogP contribution in [0.5, 0.6) is 0 Å². The van der Waals surface area contributed by atoms with Crippen molar-refractivity contribution >= 4 is 5.95 Å². The molecule has 1 aliphatic heterocycles. The summed E-state index contributed by atoms with van der Waals surface area (Å²) in [7, 11) is 0. The fourth-order valence-corrected chi connectivity index (χ4v) is 2.60. The number of anilines is 1. The molecular weight excluding hydrogens is 212 g/mol. The lowest BCUT2D eigenvalue weighted by molar-refractivity contribution is 0.245. The van der Waals surface area contributed by atoms with Crippen molar-refractivity contribution in [2.75, 3.05) is 18.4 Å². The molecule has 1 aliphatic rings. The van der Waals surface area contributed by atoms with Crippen molar-refractivity contribution in [3.05, 3.63) is 12.4 Å². The zero-order valence-electron chi connectivity index (χ0n) is 11.2. The van der Waals surface area contributed by atoms with Crippen molar-refractivity contribution in [3.63, 3.8) is 0 Å². The molecule has 4 heteroatoms. The van der Waals surface area contributed by atoms with Gasteiger partial charge in [-0.3, -0.25) is 4.90 Å². The quantitative estimate of drug-likeness (QED) is 0.850. The van der Waals surface area contributed by atoms with Gasteiger partial charge < -0.3 is 9.88 Å². The second kappa shape index (κ2) is 5.54. The van der Waals surface area contributed by atoms with Gasteiger partial charge in [0, 0.05) is 31.0 Å². The van der Waals surface area contributed by atoms with Gasteiger partial charge in [0.25, 0.3) is 0 Å². The average molecular weight is 236 g/mol. The highest BCUT2D eigenvalue weighted by Crippen LogP contribution is 2.19. The monoisotopic (exact) mass is 236 g/mol. The number of hydrogen-bond donors (Lipinski definition) is 1. The number of likely N-dealkylation sites (N-methyl/N-ethyl adjacent to an activating group) is 1. The van der Waals surface area contributed by atoms with Gasteiger partial charge in [-0.25, -0.2) is 4.98 Å². The molecule has 1 aromatic heterocycles. The van der Waals surface area contributed by atoms with Crippen LogP contribution in [0, 0.1) is 0 Å². The largest absolute Gasteiger partial charge is 0.353 e. The summed E-state index contributed by atoms with van der Waals surface area (Å²) in [6.45, 7) is 10.0. The number of aromatic nitrogens is 2. The molecule has 17 heavy (non-hydrogen) atoms. The number of imidazole rings is 1. The third kappa shape index (κ3) is 3.00. The van der Waals surface area contributed by atoms with Gasteiger partial charge in [0.2, 0.25) is 5.95 Å². The maximum absolute atomic E-state index is 4.38. The molecule has 0 amide bonds. The zero-order chi connectivity index (χ0) is 12.3. The summed E-state index contributed by atoms with van der Waals surface area (Å²) in [6, 6.07) is 1.11. The van der Waals surface area contributed by atoms with Crippen LogP contribution in [-0.4, -0.2) is 39.6 Å². The van der Waals surface area contributed by atoms with E-state index in [9.17, 15) is 0 Å². The van der Waals surface area contributed by atoms with Crippen LogP contribution < -0.4 is 5.32 Å². The molecule has 1 atom stereocenters. The highest BCUT2D eigenvalue weighted by atomic mass is 15.2. The Kier molecular flexibility index (Phi) is 4.05. The summed E-state index contributed by atoms with van der Waals surface area (Å²) < 4.78 is 2.25. The molecule has 0 bridgehead atoms. The Bertz CT molecular complexity index is 345. The lowest BCUT2D eigenvalue weighted by atomic mass is 10.2. The van der Waals surface area contributed by atoms with Crippen LogP contribution in [0.2, 0.25) is 0 Å². The van der Waals surface area contributed by atoms with E-state index in [2.05, 4.69) is 46.7 Å². The lowest BCUT2D eigenvalue weighted by Crippen LogP contribution is -2.33. The molecule has 0 radical (unpaired) electrons. The van der Waals surface area contributed by atoms with E-state index in [0.29, 0.717) is 12.1 Å². The number of rotatable bonds is 5. The molecule has 0 spiro atoms. The van der Waals surface area contributed by atoms with Crippen molar-refractivity contribution in [1.82, 2.24) is 14.5 Å². The molecule has 96 valence electrons. The van der Waals surface area contributed by atoms with Crippen LogP contribution in [0.25, 0.3) is 0 Å². The van der Waals surface area contributed by atoms with Crippen LogP contribution in [-0.2, 0) is 6.54 Å². The van der Waals surface area contributed by atoms with E-state index < -0.39 is 0 Å². The van der Waals surface area contributed by atoms with E-state index in [1.807, 2.05) is 6.20 Å². The number of hydrogen-bond acceptors (Lipinski definition) is 3. The molecule has 1 unspecified atom stereocenters. The summed E-state index contributed by atoms with van der Waals surface area (Å²) >= 11 is 0. The Hall–Kier alpha value is -1.03. The van der Waals surface area contributed by atoms with Crippen LogP contribution in [0.4, 0.5) is 5.95 Å². The minimum Gasteiger partial charge on any atom is -0.353 e. The molecular formula is C13H24N4. The van der Waals surface area contributed by atoms with Crippen molar-refractivity contribution in [2.24, 2.45) is 0 Å². The Labute approximate surface area is 104 Å². The van der Waals surface area contributed by atoms with Gasteiger partial charge in [-0.2, -0.15) is 0 Å². The van der Waals surface area contributed by atoms with Crippen molar-refractivity contribution in [2.45, 2.75) is 52.2 Å². The molecule has 4 nitrogen and oxygen atoms in total. The average Bonchev–Trinajstić information content (AvgIpc) is 2.88. The Morgan fingerprint density at radius 3 is 3.06 bits per heavy atom. The fraction of sp³-hybridized carbons (Fsp3) is 0.769. The van der Waals surface area contributed by atoms with Crippen molar-refractivity contribution in [1.29, 1.82) is 0 Å². The van der Waals surface area contributed by atoms with E-state index in [4.69, 9.17) is 0 Å². The van der Waals surface area contributed by atoms with Gasteiger partial charge >= 0.3 is 0 Å². The molecule has 1 N–H and O–H groups in total. The maximum atomic E-state index is 4.38. The third-order valence-electron chi connectivity index (χ3n) is 3.45. The molecule has 1 aromatic rings. The minimum atomic E-state index is 0.432. The van der Waals surface area contributed by atoms with Gasteiger partial charge in [-0.05, 0) is 39.8 Å². The summed E-state index contributed by atoms with van der Waals surface area (Å²) in [5, 5.41) is 3.39. The van der Waals surface area contributed by atoms with Gasteiger partial charge in [0.1, 0.15) is 0 Å². The van der Waals surface area contributed by atoms with Gasteiger partial charge in [-0.1, -0.05) is 6.92 Å². The number of nitrogens with zero attached hydrogens (tertiary/aromatic N) is 3. The topological polar surface area (TPSA) is 33.1 Å². The molecule has 2 rings (SSSR count).